The van der Waals surface area contributed by atoms with Crippen molar-refractivity contribution < 1.29 is 0 Å². The highest BCUT2D eigenvalue weighted by Crippen LogP contribution is 2.23. The fraction of sp³-hybridized carbons (Fsp3) is 0.929. The van der Waals surface area contributed by atoms with Crippen molar-refractivity contribution >= 4 is 0 Å². The number of rotatable bonds is 23. The molecule has 0 aromatic heterocycles. The van der Waals surface area contributed by atoms with E-state index in [1.807, 2.05) is 0 Å². The van der Waals surface area contributed by atoms with E-state index >= 15 is 0 Å². The van der Waals surface area contributed by atoms with Crippen LogP contribution in [0.25, 0.3) is 0 Å². The Kier molecular flexibility index (Phi) is 24.5. The van der Waals surface area contributed by atoms with E-state index in [0.717, 1.165) is 5.92 Å². The molecule has 0 radical (unpaired) electrons. The summed E-state index contributed by atoms with van der Waals surface area (Å²) in [5.41, 5.74) is 0. The number of unbranched alkanes of at least 4 members (excludes halogenated alkanes) is 15. The van der Waals surface area contributed by atoms with Gasteiger partial charge in [0.1, 0.15) is 0 Å². The van der Waals surface area contributed by atoms with Gasteiger partial charge >= 0.3 is 0 Å². The van der Waals surface area contributed by atoms with Gasteiger partial charge in [0.05, 0.1) is 0 Å². The average Bonchev–Trinajstić information content (AvgIpc) is 2.70. The first kappa shape index (κ1) is 27.7. The van der Waals surface area contributed by atoms with Gasteiger partial charge in [0, 0.05) is 0 Å². The molecule has 0 N–H and O–H groups in total. The normalized spacial score (nSPS) is 12.8. The third kappa shape index (κ3) is 22.0. The molecule has 0 heteroatoms. The zero-order valence-electron chi connectivity index (χ0n) is 20.3. The highest BCUT2D eigenvalue weighted by atomic mass is 14.1. The predicted octanol–water partition coefficient (Wildman–Crippen LogP) is 10.8. The number of allylic oxidation sites excluding steroid dienone is 2. The molecule has 0 nitrogen and oxygen atoms in total. The minimum Gasteiger partial charge on any atom is -0.0888 e. The van der Waals surface area contributed by atoms with Gasteiger partial charge in [-0.05, 0) is 25.2 Å². The van der Waals surface area contributed by atoms with E-state index in [1.54, 1.807) is 0 Å². The summed E-state index contributed by atoms with van der Waals surface area (Å²) in [6, 6.07) is 0. The van der Waals surface area contributed by atoms with Crippen molar-refractivity contribution in [1.29, 1.82) is 0 Å². The van der Waals surface area contributed by atoms with Gasteiger partial charge in [0.15, 0.2) is 0 Å². The van der Waals surface area contributed by atoms with Crippen LogP contribution in [0.3, 0.4) is 0 Å². The lowest BCUT2D eigenvalue weighted by molar-refractivity contribution is 0.377. The maximum atomic E-state index is 2.37. The van der Waals surface area contributed by atoms with Crippen molar-refractivity contribution in [2.24, 2.45) is 5.92 Å². The molecule has 168 valence electrons. The van der Waals surface area contributed by atoms with Gasteiger partial charge in [-0.3, -0.25) is 0 Å². The lowest BCUT2D eigenvalue weighted by Crippen LogP contribution is -2.00. The molecule has 0 spiro atoms. The van der Waals surface area contributed by atoms with Crippen LogP contribution >= 0.6 is 0 Å². The molecule has 0 bridgehead atoms. The van der Waals surface area contributed by atoms with Crippen molar-refractivity contribution in [2.45, 2.75) is 162 Å². The van der Waals surface area contributed by atoms with Gasteiger partial charge in [-0.25, -0.2) is 0 Å². The molecule has 0 aliphatic heterocycles. The second-order valence-electron chi connectivity index (χ2n) is 9.20. The first-order valence-corrected chi connectivity index (χ1v) is 13.5. The quantitative estimate of drug-likeness (QED) is 0.120. The van der Waals surface area contributed by atoms with Gasteiger partial charge in [-0.15, -0.1) is 0 Å². The van der Waals surface area contributed by atoms with E-state index in [2.05, 4.69) is 32.9 Å². The Bertz CT molecular complexity index is 290. The fourth-order valence-electron chi connectivity index (χ4n) is 4.45. The molecular weight excluding hydrogens is 336 g/mol. The van der Waals surface area contributed by atoms with Crippen LogP contribution in [-0.4, -0.2) is 0 Å². The molecular formula is C28H56. The van der Waals surface area contributed by atoms with Gasteiger partial charge in [0.25, 0.3) is 0 Å². The monoisotopic (exact) mass is 392 g/mol. The van der Waals surface area contributed by atoms with Gasteiger partial charge in [-0.2, -0.15) is 0 Å². The summed E-state index contributed by atoms with van der Waals surface area (Å²) in [5, 5.41) is 0. The molecule has 0 amide bonds. The molecule has 0 heterocycles. The molecule has 0 aromatic carbocycles. The third-order valence-electron chi connectivity index (χ3n) is 6.30. The van der Waals surface area contributed by atoms with Crippen LogP contribution in [0, 0.1) is 5.92 Å². The highest BCUT2D eigenvalue weighted by Gasteiger charge is 2.07. The topological polar surface area (TPSA) is 0 Å². The summed E-state index contributed by atoms with van der Waals surface area (Å²) < 4.78 is 0. The summed E-state index contributed by atoms with van der Waals surface area (Å²) in [5.74, 6) is 1.02. The van der Waals surface area contributed by atoms with Gasteiger partial charge in [-0.1, -0.05) is 155 Å². The largest absolute Gasteiger partial charge is 0.0888 e. The Labute approximate surface area is 180 Å². The molecule has 0 aliphatic rings. The van der Waals surface area contributed by atoms with Crippen molar-refractivity contribution in [3.8, 4) is 0 Å². The second-order valence-corrected chi connectivity index (χ2v) is 9.20. The first-order valence-electron chi connectivity index (χ1n) is 13.5. The summed E-state index contributed by atoms with van der Waals surface area (Å²) >= 11 is 0. The Hall–Kier alpha value is -0.260. The molecule has 0 aromatic rings. The van der Waals surface area contributed by atoms with E-state index < -0.39 is 0 Å². The predicted molar refractivity (Wildman–Crippen MR) is 131 cm³/mol. The van der Waals surface area contributed by atoms with Crippen LogP contribution in [-0.2, 0) is 0 Å². The molecule has 0 aliphatic carbocycles. The average molecular weight is 393 g/mol. The lowest BCUT2D eigenvalue weighted by Gasteiger charge is -2.16. The number of hydrogen-bond donors (Lipinski definition) is 0. The van der Waals surface area contributed by atoms with Crippen LogP contribution in [0.15, 0.2) is 12.2 Å². The lowest BCUT2D eigenvalue weighted by atomic mass is 9.90. The molecule has 0 saturated heterocycles. The highest BCUT2D eigenvalue weighted by molar-refractivity contribution is 4.79. The van der Waals surface area contributed by atoms with E-state index in [0.29, 0.717) is 0 Å². The second kappa shape index (κ2) is 24.8. The van der Waals surface area contributed by atoms with E-state index in [1.165, 1.54) is 141 Å². The van der Waals surface area contributed by atoms with Crippen molar-refractivity contribution in [3.05, 3.63) is 12.2 Å². The van der Waals surface area contributed by atoms with Crippen molar-refractivity contribution in [3.63, 3.8) is 0 Å². The summed E-state index contributed by atoms with van der Waals surface area (Å²) in [4.78, 5) is 0. The Morgan fingerprint density at radius 3 is 1.36 bits per heavy atom. The van der Waals surface area contributed by atoms with Gasteiger partial charge < -0.3 is 0 Å². The van der Waals surface area contributed by atoms with Crippen molar-refractivity contribution in [1.82, 2.24) is 0 Å². The van der Waals surface area contributed by atoms with E-state index in [-0.39, 0.29) is 0 Å². The molecule has 1 unspecified atom stereocenters. The molecule has 1 atom stereocenters. The molecule has 28 heavy (non-hydrogen) atoms. The molecule has 0 saturated carbocycles. The summed E-state index contributed by atoms with van der Waals surface area (Å²) in [6.45, 7) is 6.90. The maximum Gasteiger partial charge on any atom is -0.0351 e. The molecule has 0 rings (SSSR count). The minimum absolute atomic E-state index is 1.02. The fourth-order valence-corrected chi connectivity index (χ4v) is 4.45. The maximum absolute atomic E-state index is 2.37. The minimum atomic E-state index is 1.02. The van der Waals surface area contributed by atoms with Gasteiger partial charge in [0.2, 0.25) is 0 Å². The zero-order chi connectivity index (χ0) is 20.5. The third-order valence-corrected chi connectivity index (χ3v) is 6.30. The Morgan fingerprint density at radius 2 is 0.893 bits per heavy atom. The SMILES string of the molecule is CC/C=C/CCCCCCCC(CCC)CCCCCCCCCCCCC. The smallest absolute Gasteiger partial charge is 0.0351 e. The van der Waals surface area contributed by atoms with Crippen molar-refractivity contribution in [2.75, 3.05) is 0 Å². The summed E-state index contributed by atoms with van der Waals surface area (Å²) in [6.07, 6.45) is 36.4. The first-order chi connectivity index (χ1) is 13.8. The Balaban J connectivity index is 3.44. The number of hydrogen-bond acceptors (Lipinski definition) is 0. The van der Waals surface area contributed by atoms with E-state index in [9.17, 15) is 0 Å². The Morgan fingerprint density at radius 1 is 0.429 bits per heavy atom. The van der Waals surface area contributed by atoms with Crippen LogP contribution in [0.1, 0.15) is 162 Å². The zero-order valence-corrected chi connectivity index (χ0v) is 20.3. The van der Waals surface area contributed by atoms with Crippen LogP contribution < -0.4 is 0 Å². The van der Waals surface area contributed by atoms with Crippen LogP contribution in [0.5, 0.6) is 0 Å². The summed E-state index contributed by atoms with van der Waals surface area (Å²) in [7, 11) is 0. The molecule has 0 fully saturated rings. The van der Waals surface area contributed by atoms with E-state index in [4.69, 9.17) is 0 Å². The van der Waals surface area contributed by atoms with Crippen LogP contribution in [0.4, 0.5) is 0 Å². The standard InChI is InChI=1S/C28H56/c1-4-7-9-11-13-15-16-18-20-22-24-27-28(25-6-3)26-23-21-19-17-14-12-10-8-5-2/h8,10,28H,4-7,9,11-27H2,1-3H3/b10-8+. The van der Waals surface area contributed by atoms with Crippen LogP contribution in [0.2, 0.25) is 0 Å².